The van der Waals surface area contributed by atoms with Gasteiger partial charge in [-0.3, -0.25) is 14.4 Å². The summed E-state index contributed by atoms with van der Waals surface area (Å²) in [6.45, 7) is 5.91. The predicted molar refractivity (Wildman–Crippen MR) is 106 cm³/mol. The van der Waals surface area contributed by atoms with E-state index in [9.17, 15) is 14.4 Å². The van der Waals surface area contributed by atoms with Gasteiger partial charge in [-0.25, -0.2) is 0 Å². The van der Waals surface area contributed by atoms with E-state index in [1.54, 1.807) is 11.8 Å². The van der Waals surface area contributed by atoms with Crippen molar-refractivity contribution in [2.24, 2.45) is 5.92 Å². The Balaban J connectivity index is 1.47. The Morgan fingerprint density at radius 1 is 0.929 bits per heavy atom. The number of amides is 2. The van der Waals surface area contributed by atoms with Crippen LogP contribution in [0.2, 0.25) is 0 Å². The van der Waals surface area contributed by atoms with Crippen molar-refractivity contribution in [3.05, 3.63) is 29.8 Å². The molecule has 2 heterocycles. The normalized spacial score (nSPS) is 18.3. The smallest absolute Gasteiger partial charge is 0.248 e. The molecule has 7 nitrogen and oxygen atoms in total. The van der Waals surface area contributed by atoms with Gasteiger partial charge in [0.15, 0.2) is 5.78 Å². The Kier molecular flexibility index (Phi) is 6.67. The molecule has 1 aromatic rings. The molecule has 0 bridgehead atoms. The average Bonchev–Trinajstić information content (AvgIpc) is 2.74. The van der Waals surface area contributed by atoms with Gasteiger partial charge in [0.05, 0.1) is 0 Å². The van der Waals surface area contributed by atoms with E-state index in [0.717, 1.165) is 31.6 Å². The highest BCUT2D eigenvalue weighted by atomic mass is 16.5. The first-order valence-corrected chi connectivity index (χ1v) is 9.91. The van der Waals surface area contributed by atoms with Crippen LogP contribution in [0.1, 0.15) is 30.1 Å². The molecule has 0 atom stereocenters. The van der Waals surface area contributed by atoms with Gasteiger partial charge in [0.1, 0.15) is 6.61 Å². The minimum absolute atomic E-state index is 0.00203. The van der Waals surface area contributed by atoms with Crippen LogP contribution in [-0.2, 0) is 14.3 Å². The molecular weight excluding hydrogens is 358 g/mol. The number of methoxy groups -OCH3 is 1. The van der Waals surface area contributed by atoms with Gasteiger partial charge in [0, 0.05) is 63.5 Å². The average molecular weight is 387 g/mol. The first kappa shape index (κ1) is 20.3. The highest BCUT2D eigenvalue weighted by Crippen LogP contribution is 2.22. The number of rotatable bonds is 5. The fourth-order valence-corrected chi connectivity index (χ4v) is 3.94. The van der Waals surface area contributed by atoms with Crippen molar-refractivity contribution in [3.63, 3.8) is 0 Å². The van der Waals surface area contributed by atoms with Crippen molar-refractivity contribution >= 4 is 23.3 Å². The molecule has 0 saturated carbocycles. The Labute approximate surface area is 166 Å². The summed E-state index contributed by atoms with van der Waals surface area (Å²) in [5, 5.41) is 0. The lowest BCUT2D eigenvalue weighted by molar-refractivity contribution is -0.142. The standard InChI is InChI=1S/C21H29N3O4/c1-16(25)17-3-5-19(6-4-17)22-11-13-24(14-12-22)21(27)18-7-9-23(10-8-18)20(26)15-28-2/h3-6,18H,7-15H2,1-2H3. The molecule has 3 rings (SSSR count). The van der Waals surface area contributed by atoms with E-state index in [-0.39, 0.29) is 30.1 Å². The van der Waals surface area contributed by atoms with E-state index >= 15 is 0 Å². The molecule has 152 valence electrons. The first-order chi connectivity index (χ1) is 13.5. The van der Waals surface area contributed by atoms with Crippen LogP contribution in [0.4, 0.5) is 5.69 Å². The van der Waals surface area contributed by atoms with Gasteiger partial charge < -0.3 is 19.4 Å². The van der Waals surface area contributed by atoms with Crippen LogP contribution in [0.25, 0.3) is 0 Å². The van der Waals surface area contributed by atoms with Gasteiger partial charge in [-0.1, -0.05) is 0 Å². The van der Waals surface area contributed by atoms with Gasteiger partial charge in [-0.2, -0.15) is 0 Å². The second-order valence-corrected chi connectivity index (χ2v) is 7.50. The van der Waals surface area contributed by atoms with Crippen molar-refractivity contribution in [3.8, 4) is 0 Å². The monoisotopic (exact) mass is 387 g/mol. The molecule has 28 heavy (non-hydrogen) atoms. The highest BCUT2D eigenvalue weighted by molar-refractivity contribution is 5.94. The lowest BCUT2D eigenvalue weighted by atomic mass is 9.95. The molecule has 0 aromatic heterocycles. The summed E-state index contributed by atoms with van der Waals surface area (Å²) in [4.78, 5) is 42.1. The molecule has 2 amide bonds. The minimum atomic E-state index is -0.00203. The third-order valence-electron chi connectivity index (χ3n) is 5.70. The number of carbonyl (C=O) groups is 3. The number of Topliss-reactive ketones (excluding diaryl/α,β-unsaturated/α-hetero) is 1. The Morgan fingerprint density at radius 2 is 1.54 bits per heavy atom. The molecule has 2 aliphatic rings. The zero-order valence-corrected chi connectivity index (χ0v) is 16.7. The van der Waals surface area contributed by atoms with Crippen molar-refractivity contribution in [1.29, 1.82) is 0 Å². The van der Waals surface area contributed by atoms with Gasteiger partial charge in [0.2, 0.25) is 11.8 Å². The van der Waals surface area contributed by atoms with Crippen LogP contribution in [0, 0.1) is 5.92 Å². The summed E-state index contributed by atoms with van der Waals surface area (Å²) in [7, 11) is 1.52. The van der Waals surface area contributed by atoms with Crippen molar-refractivity contribution in [2.75, 3.05) is 57.9 Å². The topological polar surface area (TPSA) is 70.2 Å². The maximum Gasteiger partial charge on any atom is 0.248 e. The van der Waals surface area contributed by atoms with Crippen LogP contribution in [0.15, 0.2) is 24.3 Å². The van der Waals surface area contributed by atoms with E-state index < -0.39 is 0 Å². The van der Waals surface area contributed by atoms with E-state index in [4.69, 9.17) is 4.74 Å². The lowest BCUT2D eigenvalue weighted by Crippen LogP contribution is -2.52. The number of likely N-dealkylation sites (tertiary alicyclic amines) is 1. The SMILES string of the molecule is COCC(=O)N1CCC(C(=O)N2CCN(c3ccc(C(C)=O)cc3)CC2)CC1. The number of piperidine rings is 1. The van der Waals surface area contributed by atoms with Crippen LogP contribution in [0.3, 0.4) is 0 Å². The highest BCUT2D eigenvalue weighted by Gasteiger charge is 2.31. The summed E-state index contributed by atoms with van der Waals surface area (Å²) in [5.41, 5.74) is 1.80. The second-order valence-electron chi connectivity index (χ2n) is 7.50. The first-order valence-electron chi connectivity index (χ1n) is 9.91. The van der Waals surface area contributed by atoms with Crippen molar-refractivity contribution < 1.29 is 19.1 Å². The molecule has 0 aliphatic carbocycles. The third kappa shape index (κ3) is 4.70. The Morgan fingerprint density at radius 3 is 2.07 bits per heavy atom. The number of hydrogen-bond acceptors (Lipinski definition) is 5. The summed E-state index contributed by atoms with van der Waals surface area (Å²) >= 11 is 0. The molecular formula is C21H29N3O4. The van der Waals surface area contributed by atoms with Gasteiger partial charge >= 0.3 is 0 Å². The number of nitrogens with zero attached hydrogens (tertiary/aromatic N) is 3. The number of carbonyl (C=O) groups excluding carboxylic acids is 3. The predicted octanol–water partition coefficient (Wildman–Crippen LogP) is 1.42. The summed E-state index contributed by atoms with van der Waals surface area (Å²) in [6, 6.07) is 7.66. The lowest BCUT2D eigenvalue weighted by Gasteiger charge is -2.39. The Bertz CT molecular complexity index is 703. The third-order valence-corrected chi connectivity index (χ3v) is 5.70. The van der Waals surface area contributed by atoms with E-state index in [0.29, 0.717) is 31.7 Å². The molecule has 2 fully saturated rings. The van der Waals surface area contributed by atoms with Crippen LogP contribution in [0.5, 0.6) is 0 Å². The van der Waals surface area contributed by atoms with Gasteiger partial charge in [-0.05, 0) is 44.0 Å². The number of ether oxygens (including phenoxy) is 1. The zero-order valence-electron chi connectivity index (χ0n) is 16.7. The van der Waals surface area contributed by atoms with Crippen molar-refractivity contribution in [1.82, 2.24) is 9.80 Å². The molecule has 0 N–H and O–H groups in total. The number of piperazine rings is 1. The molecule has 0 spiro atoms. The van der Waals surface area contributed by atoms with Crippen LogP contribution in [-0.4, -0.2) is 80.4 Å². The second kappa shape index (κ2) is 9.19. The summed E-state index contributed by atoms with van der Waals surface area (Å²) in [5.74, 6) is 0.285. The quantitative estimate of drug-likeness (QED) is 0.715. The molecule has 7 heteroatoms. The zero-order chi connectivity index (χ0) is 20.1. The number of hydrogen-bond donors (Lipinski definition) is 0. The fourth-order valence-electron chi connectivity index (χ4n) is 3.94. The van der Waals surface area contributed by atoms with Crippen LogP contribution >= 0.6 is 0 Å². The number of benzene rings is 1. The molecule has 1 aromatic carbocycles. The van der Waals surface area contributed by atoms with E-state index in [1.165, 1.54) is 7.11 Å². The van der Waals surface area contributed by atoms with Crippen molar-refractivity contribution in [2.45, 2.75) is 19.8 Å². The summed E-state index contributed by atoms with van der Waals surface area (Å²) < 4.78 is 4.90. The molecule has 0 unspecified atom stereocenters. The minimum Gasteiger partial charge on any atom is -0.375 e. The number of anilines is 1. The van der Waals surface area contributed by atoms with E-state index in [1.807, 2.05) is 29.2 Å². The maximum atomic E-state index is 12.9. The van der Waals surface area contributed by atoms with Gasteiger partial charge in [-0.15, -0.1) is 0 Å². The van der Waals surface area contributed by atoms with Gasteiger partial charge in [0.25, 0.3) is 0 Å². The molecule has 2 saturated heterocycles. The van der Waals surface area contributed by atoms with E-state index in [2.05, 4.69) is 4.90 Å². The Hall–Kier alpha value is -2.41. The largest absolute Gasteiger partial charge is 0.375 e. The maximum absolute atomic E-state index is 12.9. The van der Waals surface area contributed by atoms with Crippen LogP contribution < -0.4 is 4.90 Å². The molecule has 0 radical (unpaired) electrons. The number of ketones is 1. The molecule has 2 aliphatic heterocycles. The fraction of sp³-hybridized carbons (Fsp3) is 0.571. The summed E-state index contributed by atoms with van der Waals surface area (Å²) in [6.07, 6.45) is 1.45.